The molecule has 1 unspecified atom stereocenters. The molecule has 10 heteroatoms. The molecule has 0 rings (SSSR count). The van der Waals surface area contributed by atoms with E-state index < -0.39 is 23.8 Å². The van der Waals surface area contributed by atoms with Gasteiger partial charge in [0.1, 0.15) is 12.2 Å². The molecule has 10 nitrogen and oxygen atoms in total. The highest BCUT2D eigenvalue weighted by Crippen LogP contribution is 2.06. The molecule has 0 aromatic carbocycles. The van der Waals surface area contributed by atoms with Crippen LogP contribution in [0.4, 0.5) is 4.79 Å². The van der Waals surface area contributed by atoms with Crippen molar-refractivity contribution in [1.82, 2.24) is 5.32 Å². The van der Waals surface area contributed by atoms with Crippen molar-refractivity contribution in [2.45, 2.75) is 32.5 Å². The molecular weight excluding hydrogens is 350 g/mol. The molecule has 0 fully saturated rings. The number of aliphatic hydroxyl groups excluding tert-OH is 1. The standard InChI is InChI=1S/C16H31NO9/c1-16(2,3)26-15(21)17-10-13(18)11-24-8-6-22-4-5-23-7-9-25-12-14(19)20/h13,18H,4-12H2,1-3H3,(H,17,21)(H,19,20). The number of aliphatic hydroxyl groups is 1. The maximum Gasteiger partial charge on any atom is 0.407 e. The molecule has 154 valence electrons. The van der Waals surface area contributed by atoms with Gasteiger partial charge in [0.05, 0.1) is 52.4 Å². The Balaban J connectivity index is 3.34. The fourth-order valence-electron chi connectivity index (χ4n) is 1.51. The Bertz CT molecular complexity index is 384. The van der Waals surface area contributed by atoms with Crippen LogP contribution in [0.25, 0.3) is 0 Å². The Morgan fingerprint density at radius 2 is 1.42 bits per heavy atom. The molecule has 0 aliphatic carbocycles. The van der Waals surface area contributed by atoms with E-state index in [1.54, 1.807) is 20.8 Å². The Morgan fingerprint density at radius 3 is 1.92 bits per heavy atom. The highest BCUT2D eigenvalue weighted by Gasteiger charge is 2.16. The first kappa shape index (κ1) is 24.5. The molecule has 0 saturated carbocycles. The summed E-state index contributed by atoms with van der Waals surface area (Å²) in [6.45, 7) is 6.90. The maximum atomic E-state index is 11.4. The van der Waals surface area contributed by atoms with Crippen molar-refractivity contribution in [3.05, 3.63) is 0 Å². The van der Waals surface area contributed by atoms with Crippen LogP contribution in [0.5, 0.6) is 0 Å². The van der Waals surface area contributed by atoms with Gasteiger partial charge in [0.2, 0.25) is 0 Å². The van der Waals surface area contributed by atoms with Crippen molar-refractivity contribution in [2.75, 3.05) is 59.4 Å². The first-order valence-corrected chi connectivity index (χ1v) is 8.38. The summed E-state index contributed by atoms with van der Waals surface area (Å²) in [5.74, 6) is -1.01. The molecule has 0 aliphatic heterocycles. The first-order chi connectivity index (χ1) is 12.2. The van der Waals surface area contributed by atoms with Crippen LogP contribution in [0.1, 0.15) is 20.8 Å². The number of hydrogen-bond acceptors (Lipinski definition) is 8. The van der Waals surface area contributed by atoms with Gasteiger partial charge < -0.3 is 39.2 Å². The summed E-state index contributed by atoms with van der Waals surface area (Å²) in [4.78, 5) is 21.6. The topological polar surface area (TPSA) is 133 Å². The SMILES string of the molecule is CC(C)(C)OC(=O)NCC(O)COCCOCCOCCOCC(=O)O. The molecule has 0 aromatic rings. The summed E-state index contributed by atoms with van der Waals surface area (Å²) in [6, 6.07) is 0. The van der Waals surface area contributed by atoms with Gasteiger partial charge in [0, 0.05) is 6.54 Å². The summed E-state index contributed by atoms with van der Waals surface area (Å²) >= 11 is 0. The van der Waals surface area contributed by atoms with Crippen LogP contribution < -0.4 is 5.32 Å². The number of carboxylic acids is 1. The number of amides is 1. The number of hydrogen-bond donors (Lipinski definition) is 3. The van der Waals surface area contributed by atoms with Gasteiger partial charge in [-0.2, -0.15) is 0 Å². The van der Waals surface area contributed by atoms with Gasteiger partial charge >= 0.3 is 12.1 Å². The number of carbonyl (C=O) groups excluding carboxylic acids is 1. The van der Waals surface area contributed by atoms with Crippen LogP contribution in [0, 0.1) is 0 Å². The smallest absolute Gasteiger partial charge is 0.407 e. The van der Waals surface area contributed by atoms with Crippen molar-refractivity contribution in [3.63, 3.8) is 0 Å². The second-order valence-corrected chi connectivity index (χ2v) is 6.28. The molecule has 3 N–H and O–H groups in total. The highest BCUT2D eigenvalue weighted by molar-refractivity contribution is 5.68. The van der Waals surface area contributed by atoms with Crippen molar-refractivity contribution >= 4 is 12.1 Å². The lowest BCUT2D eigenvalue weighted by atomic mass is 10.2. The number of alkyl carbamates (subject to hydrolysis) is 1. The molecule has 1 amide bonds. The lowest BCUT2D eigenvalue weighted by Gasteiger charge is -2.20. The zero-order valence-electron chi connectivity index (χ0n) is 15.7. The molecule has 26 heavy (non-hydrogen) atoms. The van der Waals surface area contributed by atoms with Crippen LogP contribution in [0.15, 0.2) is 0 Å². The third kappa shape index (κ3) is 18.9. The van der Waals surface area contributed by atoms with Crippen LogP contribution in [-0.2, 0) is 28.5 Å². The van der Waals surface area contributed by atoms with E-state index in [9.17, 15) is 14.7 Å². The quantitative estimate of drug-likeness (QED) is 0.336. The van der Waals surface area contributed by atoms with E-state index in [0.29, 0.717) is 33.0 Å². The van der Waals surface area contributed by atoms with Crippen LogP contribution >= 0.6 is 0 Å². The normalized spacial score (nSPS) is 12.6. The number of aliphatic carboxylic acids is 1. The van der Waals surface area contributed by atoms with Crippen LogP contribution in [0.3, 0.4) is 0 Å². The van der Waals surface area contributed by atoms with E-state index in [0.717, 1.165) is 0 Å². The average molecular weight is 381 g/mol. The van der Waals surface area contributed by atoms with Crippen molar-refractivity contribution in [1.29, 1.82) is 0 Å². The third-order valence-electron chi connectivity index (χ3n) is 2.53. The van der Waals surface area contributed by atoms with Crippen molar-refractivity contribution in [2.24, 2.45) is 0 Å². The summed E-state index contributed by atoms with van der Waals surface area (Å²) in [5.41, 5.74) is -0.585. The van der Waals surface area contributed by atoms with Gasteiger partial charge in [-0.3, -0.25) is 0 Å². The Morgan fingerprint density at radius 1 is 0.923 bits per heavy atom. The van der Waals surface area contributed by atoms with E-state index in [1.807, 2.05) is 0 Å². The molecule has 0 aromatic heterocycles. The van der Waals surface area contributed by atoms with Gasteiger partial charge in [-0.25, -0.2) is 9.59 Å². The van der Waals surface area contributed by atoms with Crippen LogP contribution in [0.2, 0.25) is 0 Å². The average Bonchev–Trinajstić information content (AvgIpc) is 2.52. The minimum Gasteiger partial charge on any atom is -0.480 e. The Hall–Kier alpha value is -1.46. The summed E-state index contributed by atoms with van der Waals surface area (Å²) in [7, 11) is 0. The molecule has 0 heterocycles. The second kappa shape index (κ2) is 14.7. The van der Waals surface area contributed by atoms with Gasteiger partial charge in [-0.15, -0.1) is 0 Å². The predicted molar refractivity (Wildman–Crippen MR) is 91.2 cm³/mol. The molecule has 0 radical (unpaired) electrons. The monoisotopic (exact) mass is 381 g/mol. The number of ether oxygens (including phenoxy) is 5. The minimum atomic E-state index is -1.01. The van der Waals surface area contributed by atoms with Gasteiger partial charge in [0.15, 0.2) is 0 Å². The fraction of sp³-hybridized carbons (Fsp3) is 0.875. The van der Waals surface area contributed by atoms with E-state index in [4.69, 9.17) is 28.8 Å². The summed E-state index contributed by atoms with van der Waals surface area (Å²) < 4.78 is 25.5. The number of rotatable bonds is 15. The van der Waals surface area contributed by atoms with E-state index in [2.05, 4.69) is 5.32 Å². The Kier molecular flexibility index (Phi) is 13.9. The fourth-order valence-corrected chi connectivity index (χ4v) is 1.51. The third-order valence-corrected chi connectivity index (χ3v) is 2.53. The van der Waals surface area contributed by atoms with Gasteiger partial charge in [-0.05, 0) is 20.8 Å². The van der Waals surface area contributed by atoms with E-state index in [1.165, 1.54) is 0 Å². The number of nitrogens with one attached hydrogen (secondary N) is 1. The largest absolute Gasteiger partial charge is 0.480 e. The van der Waals surface area contributed by atoms with Gasteiger partial charge in [0.25, 0.3) is 0 Å². The molecule has 0 bridgehead atoms. The molecule has 0 saturated heterocycles. The molecular formula is C16H31NO9. The summed E-state index contributed by atoms with van der Waals surface area (Å²) in [6.07, 6.45) is -1.43. The van der Waals surface area contributed by atoms with Crippen LogP contribution in [-0.4, -0.2) is 93.4 Å². The first-order valence-electron chi connectivity index (χ1n) is 8.38. The van der Waals surface area contributed by atoms with Crippen molar-refractivity contribution in [3.8, 4) is 0 Å². The van der Waals surface area contributed by atoms with E-state index in [-0.39, 0.29) is 26.4 Å². The zero-order valence-corrected chi connectivity index (χ0v) is 15.7. The number of carbonyl (C=O) groups is 2. The lowest BCUT2D eigenvalue weighted by molar-refractivity contribution is -0.142. The zero-order chi connectivity index (χ0) is 19.8. The highest BCUT2D eigenvalue weighted by atomic mass is 16.6. The number of carboxylic acid groups (broad SMARTS) is 1. The minimum absolute atomic E-state index is 0.0353. The van der Waals surface area contributed by atoms with Crippen molar-refractivity contribution < 1.29 is 43.5 Å². The van der Waals surface area contributed by atoms with E-state index >= 15 is 0 Å². The maximum absolute atomic E-state index is 11.4. The Labute approximate surface area is 153 Å². The molecule has 0 spiro atoms. The predicted octanol–water partition coefficient (Wildman–Crippen LogP) is 0.0230. The summed E-state index contributed by atoms with van der Waals surface area (Å²) in [5, 5.41) is 20.5. The molecule has 0 aliphatic rings. The molecule has 1 atom stereocenters. The second-order valence-electron chi connectivity index (χ2n) is 6.28. The lowest BCUT2D eigenvalue weighted by Crippen LogP contribution is -2.38. The van der Waals surface area contributed by atoms with Gasteiger partial charge in [-0.1, -0.05) is 0 Å².